The Morgan fingerprint density at radius 2 is 1.76 bits per heavy atom. The van der Waals surface area contributed by atoms with Gasteiger partial charge in [0, 0.05) is 12.6 Å². The summed E-state index contributed by atoms with van der Waals surface area (Å²) in [4.78, 5) is 2.43. The van der Waals surface area contributed by atoms with Crippen molar-refractivity contribution in [1.82, 2.24) is 4.90 Å². The first-order chi connectivity index (χ1) is 7.88. The molecule has 0 bridgehead atoms. The first-order valence-electron chi connectivity index (χ1n) is 7.26. The molecule has 0 amide bonds. The van der Waals surface area contributed by atoms with E-state index in [1.165, 1.54) is 32.2 Å². The van der Waals surface area contributed by atoms with E-state index in [1.54, 1.807) is 0 Å². The molecule has 2 nitrogen and oxygen atoms in total. The summed E-state index contributed by atoms with van der Waals surface area (Å²) in [5, 5.41) is 10.2. The zero-order chi connectivity index (χ0) is 12.6. The highest BCUT2D eigenvalue weighted by Gasteiger charge is 2.38. The smallest absolute Gasteiger partial charge is 0.0695 e. The molecule has 0 aromatic heterocycles. The van der Waals surface area contributed by atoms with Crippen LogP contribution in [0.15, 0.2) is 0 Å². The predicted molar refractivity (Wildman–Crippen MR) is 71.9 cm³/mol. The average Bonchev–Trinajstić information content (AvgIpc) is 3.00. The highest BCUT2D eigenvalue weighted by atomic mass is 16.3. The molecule has 2 aliphatic carbocycles. The van der Waals surface area contributed by atoms with Crippen LogP contribution in [0.2, 0.25) is 0 Å². The van der Waals surface area contributed by atoms with E-state index in [1.807, 2.05) is 0 Å². The summed E-state index contributed by atoms with van der Waals surface area (Å²) in [7, 11) is 2.21. The Kier molecular flexibility index (Phi) is 3.84. The van der Waals surface area contributed by atoms with E-state index < -0.39 is 0 Å². The second-order valence-electron chi connectivity index (χ2n) is 7.39. The maximum atomic E-state index is 10.2. The molecule has 0 saturated heterocycles. The van der Waals surface area contributed by atoms with Crippen molar-refractivity contribution in [2.45, 2.75) is 65.0 Å². The number of aliphatic hydroxyl groups is 1. The Hall–Kier alpha value is -0.0800. The minimum atomic E-state index is -0.0997. The Bertz CT molecular complexity index is 254. The SMILES string of the molecule is CN(CC1CC1)C1CC(C(C)(C)C)CCC1O. The molecule has 1 N–H and O–H groups in total. The summed E-state index contributed by atoms with van der Waals surface area (Å²) >= 11 is 0. The molecular weight excluding hydrogens is 210 g/mol. The molecule has 2 fully saturated rings. The maximum Gasteiger partial charge on any atom is 0.0695 e. The van der Waals surface area contributed by atoms with Crippen LogP contribution in [-0.4, -0.2) is 35.7 Å². The molecule has 17 heavy (non-hydrogen) atoms. The van der Waals surface area contributed by atoms with E-state index in [0.717, 1.165) is 18.3 Å². The fourth-order valence-corrected chi connectivity index (χ4v) is 3.23. The molecule has 0 spiro atoms. The van der Waals surface area contributed by atoms with Crippen LogP contribution in [0.25, 0.3) is 0 Å². The maximum absolute atomic E-state index is 10.2. The van der Waals surface area contributed by atoms with Crippen molar-refractivity contribution >= 4 is 0 Å². The van der Waals surface area contributed by atoms with Gasteiger partial charge in [0.25, 0.3) is 0 Å². The molecule has 0 heterocycles. The van der Waals surface area contributed by atoms with Crippen LogP contribution in [0.5, 0.6) is 0 Å². The lowest BCUT2D eigenvalue weighted by Gasteiger charge is -2.43. The van der Waals surface area contributed by atoms with Crippen LogP contribution in [0, 0.1) is 17.3 Å². The van der Waals surface area contributed by atoms with E-state index in [-0.39, 0.29) is 6.10 Å². The van der Waals surface area contributed by atoms with Crippen LogP contribution in [0.3, 0.4) is 0 Å². The third-order valence-corrected chi connectivity index (χ3v) is 4.82. The summed E-state index contributed by atoms with van der Waals surface area (Å²) < 4.78 is 0. The molecule has 100 valence electrons. The largest absolute Gasteiger partial charge is 0.391 e. The van der Waals surface area contributed by atoms with Gasteiger partial charge in [-0.25, -0.2) is 0 Å². The second-order valence-corrected chi connectivity index (χ2v) is 7.39. The molecule has 3 atom stereocenters. The van der Waals surface area contributed by atoms with Crippen molar-refractivity contribution in [3.63, 3.8) is 0 Å². The van der Waals surface area contributed by atoms with Crippen molar-refractivity contribution in [2.75, 3.05) is 13.6 Å². The zero-order valence-electron chi connectivity index (χ0n) is 11.9. The Balaban J connectivity index is 1.93. The molecule has 3 unspecified atom stereocenters. The summed E-state index contributed by atoms with van der Waals surface area (Å²) in [6, 6.07) is 0.397. The highest BCUT2D eigenvalue weighted by Crippen LogP contribution is 2.40. The van der Waals surface area contributed by atoms with E-state index in [0.29, 0.717) is 11.5 Å². The molecular formula is C15H29NO. The minimum Gasteiger partial charge on any atom is -0.391 e. The van der Waals surface area contributed by atoms with Crippen LogP contribution < -0.4 is 0 Å². The number of likely N-dealkylation sites (N-methyl/N-ethyl adjacent to an activating group) is 1. The Morgan fingerprint density at radius 1 is 1.12 bits per heavy atom. The van der Waals surface area contributed by atoms with Crippen LogP contribution >= 0.6 is 0 Å². The molecule has 2 aliphatic rings. The number of hydrogen-bond acceptors (Lipinski definition) is 2. The van der Waals surface area contributed by atoms with E-state index in [2.05, 4.69) is 32.7 Å². The quantitative estimate of drug-likeness (QED) is 0.818. The van der Waals surface area contributed by atoms with Gasteiger partial charge in [-0.05, 0) is 56.4 Å². The van der Waals surface area contributed by atoms with Crippen molar-refractivity contribution < 1.29 is 5.11 Å². The summed E-state index contributed by atoms with van der Waals surface area (Å²) in [6.07, 6.45) is 6.05. The number of rotatable bonds is 3. The first kappa shape index (κ1) is 13.4. The van der Waals surface area contributed by atoms with Gasteiger partial charge in [-0.1, -0.05) is 20.8 Å². The number of aliphatic hydroxyl groups excluding tert-OH is 1. The van der Waals surface area contributed by atoms with Crippen LogP contribution in [-0.2, 0) is 0 Å². The van der Waals surface area contributed by atoms with E-state index in [9.17, 15) is 5.11 Å². The standard InChI is InChI=1S/C15H29NO/c1-15(2,3)12-7-8-14(17)13(9-12)16(4)10-11-5-6-11/h11-14,17H,5-10H2,1-4H3. The van der Waals surface area contributed by atoms with Crippen LogP contribution in [0.1, 0.15) is 52.9 Å². The lowest BCUT2D eigenvalue weighted by Crippen LogP contribution is -2.48. The molecule has 0 aliphatic heterocycles. The fraction of sp³-hybridized carbons (Fsp3) is 1.00. The normalized spacial score (nSPS) is 35.3. The Morgan fingerprint density at radius 3 is 2.29 bits per heavy atom. The van der Waals surface area contributed by atoms with Crippen molar-refractivity contribution in [3.8, 4) is 0 Å². The Labute approximate surface area is 106 Å². The van der Waals surface area contributed by atoms with Gasteiger partial charge >= 0.3 is 0 Å². The van der Waals surface area contributed by atoms with Crippen LogP contribution in [0.4, 0.5) is 0 Å². The van der Waals surface area contributed by atoms with Gasteiger partial charge in [-0.3, -0.25) is 0 Å². The number of nitrogens with zero attached hydrogens (tertiary/aromatic N) is 1. The predicted octanol–water partition coefficient (Wildman–Crippen LogP) is 2.90. The van der Waals surface area contributed by atoms with E-state index in [4.69, 9.17) is 0 Å². The molecule has 2 saturated carbocycles. The van der Waals surface area contributed by atoms with Crippen molar-refractivity contribution in [2.24, 2.45) is 17.3 Å². The minimum absolute atomic E-state index is 0.0997. The summed E-state index contributed by atoms with van der Waals surface area (Å²) in [6.45, 7) is 8.21. The molecule has 0 aromatic carbocycles. The highest BCUT2D eigenvalue weighted by molar-refractivity contribution is 4.91. The first-order valence-corrected chi connectivity index (χ1v) is 7.26. The summed E-state index contributed by atoms with van der Waals surface area (Å²) in [5.41, 5.74) is 0.388. The lowest BCUT2D eigenvalue weighted by atomic mass is 9.70. The van der Waals surface area contributed by atoms with Gasteiger partial charge in [0.2, 0.25) is 0 Å². The lowest BCUT2D eigenvalue weighted by molar-refractivity contribution is -0.00886. The molecule has 2 rings (SSSR count). The van der Waals surface area contributed by atoms with Crippen molar-refractivity contribution in [3.05, 3.63) is 0 Å². The zero-order valence-corrected chi connectivity index (χ0v) is 11.9. The third kappa shape index (κ3) is 3.45. The molecule has 2 heteroatoms. The van der Waals surface area contributed by atoms with Crippen molar-refractivity contribution in [1.29, 1.82) is 0 Å². The van der Waals surface area contributed by atoms with Gasteiger partial charge in [-0.15, -0.1) is 0 Å². The molecule has 0 aromatic rings. The van der Waals surface area contributed by atoms with Gasteiger partial charge in [-0.2, -0.15) is 0 Å². The number of hydrogen-bond donors (Lipinski definition) is 1. The van der Waals surface area contributed by atoms with E-state index >= 15 is 0 Å². The third-order valence-electron chi connectivity index (χ3n) is 4.82. The van der Waals surface area contributed by atoms with Gasteiger partial charge in [0.1, 0.15) is 0 Å². The summed E-state index contributed by atoms with van der Waals surface area (Å²) in [5.74, 6) is 1.68. The average molecular weight is 239 g/mol. The monoisotopic (exact) mass is 239 g/mol. The topological polar surface area (TPSA) is 23.5 Å². The van der Waals surface area contributed by atoms with Gasteiger partial charge < -0.3 is 10.0 Å². The second kappa shape index (κ2) is 4.89. The molecule has 0 radical (unpaired) electrons. The van der Waals surface area contributed by atoms with Gasteiger partial charge in [0.15, 0.2) is 0 Å². The fourth-order valence-electron chi connectivity index (χ4n) is 3.23. The van der Waals surface area contributed by atoms with Gasteiger partial charge in [0.05, 0.1) is 6.10 Å².